The summed E-state index contributed by atoms with van der Waals surface area (Å²) in [6.45, 7) is 1.34. The van der Waals surface area contributed by atoms with E-state index < -0.39 is 11.7 Å². The maximum absolute atomic E-state index is 12.1. The van der Waals surface area contributed by atoms with Crippen molar-refractivity contribution in [3.8, 4) is 0 Å². The first-order chi connectivity index (χ1) is 10.1. The highest BCUT2D eigenvalue weighted by atomic mass is 16.4. The molecule has 1 aliphatic heterocycles. The number of likely N-dealkylation sites (tertiary alicyclic amines) is 1. The van der Waals surface area contributed by atoms with E-state index in [9.17, 15) is 14.4 Å². The molecule has 1 aliphatic rings. The fourth-order valence-corrected chi connectivity index (χ4v) is 2.55. The molecule has 21 heavy (non-hydrogen) atoms. The second kappa shape index (κ2) is 5.08. The number of oxazole rings is 1. The van der Waals surface area contributed by atoms with Crippen LogP contribution < -0.4 is 5.76 Å². The molecule has 1 amide bonds. The van der Waals surface area contributed by atoms with Crippen LogP contribution in [0.1, 0.15) is 23.2 Å². The van der Waals surface area contributed by atoms with Gasteiger partial charge >= 0.3 is 11.7 Å². The van der Waals surface area contributed by atoms with Gasteiger partial charge < -0.3 is 14.4 Å². The van der Waals surface area contributed by atoms with Gasteiger partial charge in [-0.3, -0.25) is 9.36 Å². The molecule has 2 heterocycles. The number of aromatic carboxylic acids is 1. The molecule has 0 radical (unpaired) electrons. The van der Waals surface area contributed by atoms with Crippen LogP contribution in [0.5, 0.6) is 0 Å². The Hall–Kier alpha value is -2.57. The number of fused-ring (bicyclic) bond motifs is 1. The molecule has 1 aromatic carbocycles. The minimum atomic E-state index is -1.10. The van der Waals surface area contributed by atoms with Crippen LogP contribution >= 0.6 is 0 Å². The third-order valence-corrected chi connectivity index (χ3v) is 3.67. The lowest BCUT2D eigenvalue weighted by Gasteiger charge is -2.14. The van der Waals surface area contributed by atoms with Gasteiger partial charge in [0.25, 0.3) is 0 Å². The zero-order valence-electron chi connectivity index (χ0n) is 11.2. The summed E-state index contributed by atoms with van der Waals surface area (Å²) in [6.07, 6.45) is 1.96. The second-order valence-electron chi connectivity index (χ2n) is 5.03. The molecule has 1 aromatic heterocycles. The first kappa shape index (κ1) is 13.4. The number of carboxylic acid groups (broad SMARTS) is 1. The predicted octanol–water partition coefficient (Wildman–Crippen LogP) is 0.915. The summed E-state index contributed by atoms with van der Waals surface area (Å²) < 4.78 is 6.26. The van der Waals surface area contributed by atoms with Crippen molar-refractivity contribution in [1.29, 1.82) is 0 Å². The van der Waals surface area contributed by atoms with Crippen molar-refractivity contribution in [2.75, 3.05) is 13.1 Å². The normalized spacial score (nSPS) is 14.8. The Morgan fingerprint density at radius 2 is 1.95 bits per heavy atom. The van der Waals surface area contributed by atoms with Crippen LogP contribution in [0, 0.1) is 0 Å². The van der Waals surface area contributed by atoms with Crippen LogP contribution in [0.25, 0.3) is 11.1 Å². The highest BCUT2D eigenvalue weighted by Gasteiger charge is 2.21. The molecule has 7 nitrogen and oxygen atoms in total. The summed E-state index contributed by atoms with van der Waals surface area (Å²) in [5.74, 6) is -1.87. The van der Waals surface area contributed by atoms with E-state index >= 15 is 0 Å². The minimum Gasteiger partial charge on any atom is -0.478 e. The molecule has 0 spiro atoms. The van der Waals surface area contributed by atoms with E-state index in [1.54, 1.807) is 4.90 Å². The molecule has 0 unspecified atom stereocenters. The van der Waals surface area contributed by atoms with Crippen LogP contribution in [0.4, 0.5) is 0 Å². The highest BCUT2D eigenvalue weighted by molar-refractivity contribution is 5.92. The number of aromatic nitrogens is 1. The quantitative estimate of drug-likeness (QED) is 0.907. The smallest absolute Gasteiger partial charge is 0.420 e. The molecular formula is C14H14N2O5. The number of amides is 1. The monoisotopic (exact) mass is 290 g/mol. The summed E-state index contributed by atoms with van der Waals surface area (Å²) in [7, 11) is 0. The molecule has 0 bridgehead atoms. The van der Waals surface area contributed by atoms with Crippen molar-refractivity contribution in [1.82, 2.24) is 9.47 Å². The first-order valence-electron chi connectivity index (χ1n) is 6.71. The van der Waals surface area contributed by atoms with Gasteiger partial charge in [0, 0.05) is 13.1 Å². The van der Waals surface area contributed by atoms with Crippen LogP contribution in [0.2, 0.25) is 0 Å². The van der Waals surface area contributed by atoms with Crippen LogP contribution in [-0.2, 0) is 11.3 Å². The van der Waals surface area contributed by atoms with Crippen molar-refractivity contribution in [3.63, 3.8) is 0 Å². The number of rotatable bonds is 3. The zero-order chi connectivity index (χ0) is 15.0. The largest absolute Gasteiger partial charge is 0.478 e. The number of carbonyl (C=O) groups is 2. The maximum atomic E-state index is 12.1. The molecule has 3 rings (SSSR count). The van der Waals surface area contributed by atoms with E-state index in [0.29, 0.717) is 18.6 Å². The molecule has 0 saturated carbocycles. The third-order valence-electron chi connectivity index (χ3n) is 3.67. The van der Waals surface area contributed by atoms with E-state index in [1.165, 1.54) is 22.8 Å². The van der Waals surface area contributed by atoms with Gasteiger partial charge in [-0.1, -0.05) is 0 Å². The van der Waals surface area contributed by atoms with Crippen LogP contribution in [0.3, 0.4) is 0 Å². The lowest BCUT2D eigenvalue weighted by molar-refractivity contribution is -0.130. The fourth-order valence-electron chi connectivity index (χ4n) is 2.55. The summed E-state index contributed by atoms with van der Waals surface area (Å²) in [6, 6.07) is 4.16. The van der Waals surface area contributed by atoms with Gasteiger partial charge in [0.15, 0.2) is 5.58 Å². The van der Waals surface area contributed by atoms with Gasteiger partial charge in [-0.05, 0) is 31.0 Å². The molecule has 1 saturated heterocycles. The van der Waals surface area contributed by atoms with Gasteiger partial charge in [0.2, 0.25) is 5.91 Å². The van der Waals surface area contributed by atoms with E-state index in [1.807, 2.05) is 0 Å². The van der Waals surface area contributed by atoms with Gasteiger partial charge in [-0.2, -0.15) is 0 Å². The lowest BCUT2D eigenvalue weighted by atomic mass is 10.2. The Morgan fingerprint density at radius 1 is 1.24 bits per heavy atom. The topological polar surface area (TPSA) is 92.7 Å². The number of hydrogen-bond acceptors (Lipinski definition) is 4. The number of carboxylic acids is 1. The average Bonchev–Trinajstić information content (AvgIpc) is 3.07. The van der Waals surface area contributed by atoms with E-state index in [2.05, 4.69) is 0 Å². The van der Waals surface area contributed by atoms with Crippen molar-refractivity contribution in [2.45, 2.75) is 19.4 Å². The van der Waals surface area contributed by atoms with Crippen molar-refractivity contribution in [3.05, 3.63) is 34.3 Å². The Bertz CT molecular complexity index is 767. The van der Waals surface area contributed by atoms with Crippen LogP contribution in [-0.4, -0.2) is 39.5 Å². The van der Waals surface area contributed by atoms with Crippen molar-refractivity contribution < 1.29 is 19.1 Å². The predicted molar refractivity (Wildman–Crippen MR) is 73.2 cm³/mol. The lowest BCUT2D eigenvalue weighted by Crippen LogP contribution is -2.33. The van der Waals surface area contributed by atoms with Crippen molar-refractivity contribution >= 4 is 23.0 Å². The van der Waals surface area contributed by atoms with E-state index in [4.69, 9.17) is 9.52 Å². The van der Waals surface area contributed by atoms with Crippen molar-refractivity contribution in [2.24, 2.45) is 0 Å². The van der Waals surface area contributed by atoms with Gasteiger partial charge in [0.1, 0.15) is 6.54 Å². The van der Waals surface area contributed by atoms with Gasteiger partial charge in [-0.15, -0.1) is 0 Å². The SMILES string of the molecule is O=C(O)c1ccc2c(c1)oc(=O)n2CC(=O)N1CCCC1. The molecular weight excluding hydrogens is 276 g/mol. The number of carbonyl (C=O) groups excluding carboxylic acids is 1. The average molecular weight is 290 g/mol. The Balaban J connectivity index is 1.95. The summed E-state index contributed by atoms with van der Waals surface area (Å²) in [5.41, 5.74) is 0.640. The molecule has 2 aromatic rings. The van der Waals surface area contributed by atoms with Gasteiger partial charge in [0.05, 0.1) is 11.1 Å². The highest BCUT2D eigenvalue weighted by Crippen LogP contribution is 2.16. The molecule has 110 valence electrons. The van der Waals surface area contributed by atoms with Crippen LogP contribution in [0.15, 0.2) is 27.4 Å². The Kier molecular flexibility index (Phi) is 3.25. The molecule has 0 aliphatic carbocycles. The van der Waals surface area contributed by atoms with E-state index in [0.717, 1.165) is 12.8 Å². The number of nitrogens with zero attached hydrogens (tertiary/aromatic N) is 2. The fraction of sp³-hybridized carbons (Fsp3) is 0.357. The third kappa shape index (κ3) is 2.42. The first-order valence-corrected chi connectivity index (χ1v) is 6.71. The molecule has 1 N–H and O–H groups in total. The second-order valence-corrected chi connectivity index (χ2v) is 5.03. The molecule has 0 atom stereocenters. The molecule has 7 heteroatoms. The standard InChI is InChI=1S/C14H14N2O5/c17-12(15-5-1-2-6-15)8-16-10-4-3-9(13(18)19)7-11(10)21-14(16)20/h3-4,7H,1-2,5-6,8H2,(H,18,19). The summed E-state index contributed by atoms with van der Waals surface area (Å²) >= 11 is 0. The summed E-state index contributed by atoms with van der Waals surface area (Å²) in [5, 5.41) is 8.92. The number of hydrogen-bond donors (Lipinski definition) is 1. The minimum absolute atomic E-state index is 0.0364. The maximum Gasteiger partial charge on any atom is 0.420 e. The zero-order valence-corrected chi connectivity index (χ0v) is 11.2. The Labute approximate surface area is 119 Å². The Morgan fingerprint density at radius 3 is 2.62 bits per heavy atom. The van der Waals surface area contributed by atoms with E-state index in [-0.39, 0.29) is 23.6 Å². The summed E-state index contributed by atoms with van der Waals surface area (Å²) in [4.78, 5) is 36.6. The number of benzene rings is 1. The molecule has 1 fully saturated rings. The van der Waals surface area contributed by atoms with Gasteiger partial charge in [-0.25, -0.2) is 9.59 Å².